The van der Waals surface area contributed by atoms with Crippen molar-refractivity contribution in [1.82, 2.24) is 5.32 Å². The molecule has 3 saturated heterocycles. The molecule has 18 nitrogen and oxygen atoms in total. The molecule has 11 unspecified atom stereocenters. The third kappa shape index (κ3) is 17.2. The summed E-state index contributed by atoms with van der Waals surface area (Å²) in [6, 6.07) is -1.84. The van der Waals surface area contributed by atoms with Crippen molar-refractivity contribution in [1.29, 1.82) is 0 Å². The molecule has 0 radical (unpaired) electrons. The summed E-state index contributed by atoms with van der Waals surface area (Å²) in [5.74, 6) is -3.50. The van der Waals surface area contributed by atoms with Gasteiger partial charge in [0.2, 0.25) is 0 Å². The number of esters is 1. The molecule has 4 rings (SSSR count). The number of aliphatic hydroxyl groups excluding tert-OH is 8. The SMILES string of the molecule is C[C@@H]1OC(=O)CC(O)CC(O)CCC(O)C(O)CC(O)CC2(O)C[C@@H]3OC(=O)NC3[C@H](CC(OC3O[C@H](C)C(O)[C@H](N)[C@@H]3O)/C=C/C=C/C=C/C=C/C=C/C=C/C=C/[C@H](C)C(O)[C@H]1C)O2. The maximum Gasteiger partial charge on any atom is 0.407 e. The van der Waals surface area contributed by atoms with Gasteiger partial charge in [0.15, 0.2) is 12.1 Å². The molecule has 65 heavy (non-hydrogen) atoms. The zero-order valence-corrected chi connectivity index (χ0v) is 37.6. The number of cyclic esters (lactones) is 1. The second-order valence-corrected chi connectivity index (χ2v) is 17.8. The Balaban J connectivity index is 1.53. The van der Waals surface area contributed by atoms with Crippen LogP contribution >= 0.6 is 0 Å². The smallest absolute Gasteiger partial charge is 0.407 e. The molecule has 12 N–H and O–H groups in total. The Labute approximate surface area is 381 Å². The number of aliphatic hydroxyl groups is 9. The number of carbonyl (C=O) groups excluding carboxylic acids is 2. The normalized spacial score (nSPS) is 46.2. The van der Waals surface area contributed by atoms with Crippen LogP contribution in [-0.2, 0) is 28.5 Å². The van der Waals surface area contributed by atoms with E-state index in [1.165, 1.54) is 0 Å². The Hall–Kier alpha value is -3.60. The zero-order chi connectivity index (χ0) is 47.8. The first-order valence-electron chi connectivity index (χ1n) is 22.5. The molecule has 0 spiro atoms. The molecular formula is C47H72N2O16. The number of fused-ring (bicyclic) bond motifs is 4. The summed E-state index contributed by atoms with van der Waals surface area (Å²) in [4.78, 5) is 25.1. The number of allylic oxidation sites excluding steroid dienone is 12. The van der Waals surface area contributed by atoms with Gasteiger partial charge in [-0.15, -0.1) is 0 Å². The number of hydrogen-bond acceptors (Lipinski definition) is 17. The van der Waals surface area contributed by atoms with Crippen LogP contribution in [0.4, 0.5) is 4.79 Å². The van der Waals surface area contributed by atoms with Crippen molar-refractivity contribution < 1.29 is 79.2 Å². The van der Waals surface area contributed by atoms with Crippen molar-refractivity contribution in [2.45, 2.75) is 183 Å². The van der Waals surface area contributed by atoms with Gasteiger partial charge < -0.3 is 80.7 Å². The van der Waals surface area contributed by atoms with Crippen LogP contribution in [0.25, 0.3) is 0 Å². The number of alkyl carbamates (subject to hydrolysis) is 1. The first-order chi connectivity index (χ1) is 30.8. The van der Waals surface area contributed by atoms with E-state index in [4.69, 9.17) is 29.4 Å². The van der Waals surface area contributed by atoms with Crippen LogP contribution in [0.2, 0.25) is 0 Å². The van der Waals surface area contributed by atoms with E-state index in [-0.39, 0.29) is 38.0 Å². The average Bonchev–Trinajstić information content (AvgIpc) is 3.61. The quantitative estimate of drug-likeness (QED) is 0.173. The fourth-order valence-corrected chi connectivity index (χ4v) is 8.23. The number of nitrogens with two attached hydrogens (primary N) is 1. The predicted molar refractivity (Wildman–Crippen MR) is 237 cm³/mol. The maximum atomic E-state index is 12.6. The lowest BCUT2D eigenvalue weighted by molar-refractivity contribution is -0.298. The summed E-state index contributed by atoms with van der Waals surface area (Å²) >= 11 is 0. The van der Waals surface area contributed by atoms with Gasteiger partial charge in [0.1, 0.15) is 18.3 Å². The molecule has 0 aromatic carbocycles. The first kappa shape index (κ1) is 54.0. The summed E-state index contributed by atoms with van der Waals surface area (Å²) in [5, 5.41) is 100. The van der Waals surface area contributed by atoms with Crippen LogP contribution in [0.5, 0.6) is 0 Å². The van der Waals surface area contributed by atoms with E-state index in [9.17, 15) is 55.5 Å². The van der Waals surface area contributed by atoms with E-state index >= 15 is 0 Å². The highest BCUT2D eigenvalue weighted by atomic mass is 16.7. The summed E-state index contributed by atoms with van der Waals surface area (Å²) in [7, 11) is 0. The lowest BCUT2D eigenvalue weighted by Gasteiger charge is -2.44. The first-order valence-corrected chi connectivity index (χ1v) is 22.5. The van der Waals surface area contributed by atoms with Crippen LogP contribution in [0.3, 0.4) is 0 Å². The number of ether oxygens (including phenoxy) is 5. The third-order valence-corrected chi connectivity index (χ3v) is 12.3. The van der Waals surface area contributed by atoms with Gasteiger partial charge in [0.05, 0.1) is 79.5 Å². The fraction of sp³-hybridized carbons (Fsp3) is 0.660. The number of carbonyl (C=O) groups is 2. The van der Waals surface area contributed by atoms with E-state index < -0.39 is 141 Å². The molecule has 18 heteroatoms. The largest absolute Gasteiger partial charge is 0.462 e. The molecule has 19 atom stereocenters. The molecule has 4 aliphatic heterocycles. The number of amides is 1. The number of hydrogen-bond donors (Lipinski definition) is 11. The minimum atomic E-state index is -2.09. The van der Waals surface area contributed by atoms with Gasteiger partial charge in [-0.05, 0) is 33.1 Å². The van der Waals surface area contributed by atoms with Gasteiger partial charge >= 0.3 is 12.1 Å². The van der Waals surface area contributed by atoms with Crippen LogP contribution in [0.1, 0.15) is 79.1 Å². The van der Waals surface area contributed by atoms with Crippen molar-refractivity contribution in [3.05, 3.63) is 85.1 Å². The van der Waals surface area contributed by atoms with E-state index in [0.717, 1.165) is 0 Å². The Kier molecular flexibility index (Phi) is 21.7. The minimum Gasteiger partial charge on any atom is -0.462 e. The van der Waals surface area contributed by atoms with E-state index in [1.807, 2.05) is 61.6 Å². The van der Waals surface area contributed by atoms with Crippen LogP contribution in [0.15, 0.2) is 85.1 Å². The topological polar surface area (TPSA) is 300 Å². The van der Waals surface area contributed by atoms with Crippen molar-refractivity contribution in [3.63, 3.8) is 0 Å². The van der Waals surface area contributed by atoms with Crippen molar-refractivity contribution in [2.24, 2.45) is 17.6 Å². The summed E-state index contributed by atoms with van der Waals surface area (Å²) in [6.07, 6.45) is 6.59. The molecule has 0 aliphatic carbocycles. The highest BCUT2D eigenvalue weighted by Gasteiger charge is 2.53. The van der Waals surface area contributed by atoms with Gasteiger partial charge in [-0.25, -0.2) is 4.79 Å². The van der Waals surface area contributed by atoms with E-state index in [0.29, 0.717) is 0 Å². The van der Waals surface area contributed by atoms with Crippen molar-refractivity contribution in [3.8, 4) is 0 Å². The molecule has 0 saturated carbocycles. The summed E-state index contributed by atoms with van der Waals surface area (Å²) in [5.41, 5.74) is 6.07. The molecule has 366 valence electrons. The van der Waals surface area contributed by atoms with E-state index in [2.05, 4.69) is 5.32 Å². The zero-order valence-electron chi connectivity index (χ0n) is 37.6. The Morgan fingerprint density at radius 3 is 1.88 bits per heavy atom. The number of rotatable bonds is 2. The Morgan fingerprint density at radius 1 is 0.646 bits per heavy atom. The van der Waals surface area contributed by atoms with Gasteiger partial charge in [0, 0.05) is 37.5 Å². The van der Waals surface area contributed by atoms with Crippen LogP contribution in [0, 0.1) is 11.8 Å². The lowest BCUT2D eigenvalue weighted by Crippen LogP contribution is -2.62. The standard InChI is InChI=1S/C47H72N2O16/c1-27-17-15-13-11-9-7-5-6-8-10-12-14-16-18-34(63-45-44(58)40(48)43(57)30(4)62-45)24-37-41-38(64-46(59)49-41)26-47(60,65-37)25-33(52)22-36(54)35(53)20-19-31(50)21-32(51)23-39(55)61-29(3)28(2)42(27)56/h5-18,27-38,40-45,50-54,56-58,60H,19-26,48H2,1-4H3,(H,49,59)/b6-5+,9-7+,10-8+,13-11+,14-12+,17-15+,18-16+/t27-,28-,29-,30+,31?,32?,33?,34?,35?,36?,37-,38-,40-,41?,42?,43?,44-,45?,47?/m0/s1. The minimum absolute atomic E-state index is 0.0414. The van der Waals surface area contributed by atoms with Crippen molar-refractivity contribution >= 4 is 12.1 Å². The second-order valence-electron chi connectivity index (χ2n) is 17.8. The second kappa shape index (κ2) is 26.1. The monoisotopic (exact) mass is 920 g/mol. The molecule has 1 amide bonds. The van der Waals surface area contributed by atoms with Gasteiger partial charge in [-0.3, -0.25) is 4.79 Å². The fourth-order valence-electron chi connectivity index (χ4n) is 8.23. The molecule has 0 aromatic rings. The van der Waals surface area contributed by atoms with Gasteiger partial charge in [-0.2, -0.15) is 0 Å². The summed E-state index contributed by atoms with van der Waals surface area (Å²) < 4.78 is 29.1. The Bertz CT molecular complexity index is 1700. The molecule has 4 aliphatic rings. The molecular weight excluding hydrogens is 849 g/mol. The molecule has 3 fully saturated rings. The Morgan fingerprint density at radius 2 is 1.25 bits per heavy atom. The summed E-state index contributed by atoms with van der Waals surface area (Å²) in [6.45, 7) is 6.84. The molecule has 2 bridgehead atoms. The number of nitrogens with one attached hydrogen (secondary N) is 1. The van der Waals surface area contributed by atoms with Gasteiger partial charge in [-0.1, -0.05) is 98.9 Å². The third-order valence-electron chi connectivity index (χ3n) is 12.3. The highest BCUT2D eigenvalue weighted by molar-refractivity contribution is 5.70. The average molecular weight is 921 g/mol. The molecule has 4 heterocycles. The van der Waals surface area contributed by atoms with Crippen molar-refractivity contribution in [2.75, 3.05) is 0 Å². The lowest BCUT2D eigenvalue weighted by atomic mass is 9.87. The van der Waals surface area contributed by atoms with Crippen LogP contribution in [-0.4, -0.2) is 162 Å². The van der Waals surface area contributed by atoms with Gasteiger partial charge in [0.25, 0.3) is 0 Å². The maximum absolute atomic E-state index is 12.6. The van der Waals surface area contributed by atoms with Crippen LogP contribution < -0.4 is 11.1 Å². The molecule has 0 aromatic heterocycles. The predicted octanol–water partition coefficient (Wildman–Crippen LogP) is 1.13. The highest BCUT2D eigenvalue weighted by Crippen LogP contribution is 2.38. The van der Waals surface area contributed by atoms with E-state index in [1.54, 1.807) is 51.2 Å².